The zero-order chi connectivity index (χ0) is 21.8. The summed E-state index contributed by atoms with van der Waals surface area (Å²) >= 11 is 0. The highest BCUT2D eigenvalue weighted by atomic mass is 19.3. The van der Waals surface area contributed by atoms with Crippen LogP contribution in [0.25, 0.3) is 11.1 Å². The van der Waals surface area contributed by atoms with Crippen molar-refractivity contribution < 1.29 is 22.7 Å². The number of hydrogen-bond donors (Lipinski definition) is 1. The lowest BCUT2D eigenvalue weighted by Crippen LogP contribution is -2.36. The molecule has 0 atom stereocenters. The van der Waals surface area contributed by atoms with Crippen LogP contribution >= 0.6 is 0 Å². The molecule has 0 unspecified atom stereocenters. The van der Waals surface area contributed by atoms with E-state index in [-0.39, 0.29) is 29.8 Å². The molecule has 0 saturated carbocycles. The van der Waals surface area contributed by atoms with Crippen LogP contribution in [0.3, 0.4) is 0 Å². The maximum absolute atomic E-state index is 14.5. The van der Waals surface area contributed by atoms with Crippen molar-refractivity contribution in [1.82, 2.24) is 14.9 Å². The fraction of sp³-hybridized carbons (Fsp3) is 0.273. The highest BCUT2D eigenvalue weighted by Crippen LogP contribution is 2.28. The Hall–Kier alpha value is -3.29. The molecule has 3 rings (SSSR count). The van der Waals surface area contributed by atoms with Gasteiger partial charge in [-0.15, -0.1) is 0 Å². The predicted molar refractivity (Wildman–Crippen MR) is 107 cm³/mol. The van der Waals surface area contributed by atoms with E-state index in [2.05, 4.69) is 14.7 Å². The van der Waals surface area contributed by atoms with Crippen molar-refractivity contribution in [2.24, 2.45) is 0 Å². The summed E-state index contributed by atoms with van der Waals surface area (Å²) in [5, 5.41) is 0. The second kappa shape index (κ2) is 9.02. The molecule has 30 heavy (non-hydrogen) atoms. The highest BCUT2D eigenvalue weighted by molar-refractivity contribution is 5.92. The molecule has 8 heteroatoms. The minimum absolute atomic E-state index is 0.0547. The molecular formula is C22H22F3N3O2. The fourth-order valence-electron chi connectivity index (χ4n) is 3.10. The Kier molecular flexibility index (Phi) is 6.44. The van der Waals surface area contributed by atoms with Crippen molar-refractivity contribution >= 4 is 5.91 Å². The number of aromatic amines is 1. The quantitative estimate of drug-likeness (QED) is 0.577. The molecule has 5 nitrogen and oxygen atoms in total. The average molecular weight is 417 g/mol. The topological polar surface area (TPSA) is 58.2 Å². The summed E-state index contributed by atoms with van der Waals surface area (Å²) in [6.45, 7) is 2.81. The SMILES string of the molecule is Cc1ncc(C(=O)N(Cc2ccc(F)c(-c3cccc(OC(F)F)c3)c2)C(C)C)[nH]1. The number of nitrogens with zero attached hydrogens (tertiary/aromatic N) is 2. The summed E-state index contributed by atoms with van der Waals surface area (Å²) in [6, 6.07) is 10.3. The minimum atomic E-state index is -2.96. The van der Waals surface area contributed by atoms with Crippen LogP contribution in [0, 0.1) is 12.7 Å². The Morgan fingerprint density at radius 3 is 2.60 bits per heavy atom. The van der Waals surface area contributed by atoms with Gasteiger partial charge in [0.25, 0.3) is 5.91 Å². The van der Waals surface area contributed by atoms with E-state index in [1.165, 1.54) is 30.5 Å². The maximum atomic E-state index is 14.5. The minimum Gasteiger partial charge on any atom is -0.435 e. The summed E-state index contributed by atoms with van der Waals surface area (Å²) in [4.78, 5) is 21.5. The van der Waals surface area contributed by atoms with Gasteiger partial charge in [-0.1, -0.05) is 18.2 Å². The van der Waals surface area contributed by atoms with Gasteiger partial charge >= 0.3 is 6.61 Å². The number of carbonyl (C=O) groups excluding carboxylic acids is 1. The Morgan fingerprint density at radius 2 is 1.97 bits per heavy atom. The Balaban J connectivity index is 1.89. The van der Waals surface area contributed by atoms with Crippen LogP contribution in [-0.2, 0) is 6.54 Å². The molecule has 1 aromatic heterocycles. The Labute approximate surface area is 172 Å². The molecular weight excluding hydrogens is 395 g/mol. The van der Waals surface area contributed by atoms with Gasteiger partial charge in [0, 0.05) is 18.2 Å². The van der Waals surface area contributed by atoms with E-state index in [9.17, 15) is 18.0 Å². The van der Waals surface area contributed by atoms with Crippen molar-refractivity contribution in [2.45, 2.75) is 40.0 Å². The molecule has 0 saturated heterocycles. The number of imidazole rings is 1. The number of H-pyrrole nitrogens is 1. The molecule has 0 aliphatic rings. The predicted octanol–water partition coefficient (Wildman–Crippen LogP) is 5.18. The number of ether oxygens (including phenoxy) is 1. The van der Waals surface area contributed by atoms with Crippen molar-refractivity contribution in [2.75, 3.05) is 0 Å². The van der Waals surface area contributed by atoms with Gasteiger partial charge in [-0.05, 0) is 56.2 Å². The van der Waals surface area contributed by atoms with Crippen LogP contribution in [0.1, 0.15) is 35.7 Å². The van der Waals surface area contributed by atoms with Gasteiger partial charge in [0.1, 0.15) is 23.1 Å². The zero-order valence-corrected chi connectivity index (χ0v) is 16.8. The van der Waals surface area contributed by atoms with Crippen LogP contribution in [0.15, 0.2) is 48.7 Å². The summed E-state index contributed by atoms with van der Waals surface area (Å²) < 4.78 is 43.9. The molecule has 1 amide bonds. The number of nitrogens with one attached hydrogen (secondary N) is 1. The fourth-order valence-corrected chi connectivity index (χ4v) is 3.10. The summed E-state index contributed by atoms with van der Waals surface area (Å²) in [5.74, 6) is -0.138. The summed E-state index contributed by atoms with van der Waals surface area (Å²) in [6.07, 6.45) is 1.48. The first kappa shape index (κ1) is 21.4. The molecule has 0 fully saturated rings. The van der Waals surface area contributed by atoms with Gasteiger partial charge in [-0.2, -0.15) is 8.78 Å². The van der Waals surface area contributed by atoms with E-state index < -0.39 is 12.4 Å². The lowest BCUT2D eigenvalue weighted by molar-refractivity contribution is -0.0498. The smallest absolute Gasteiger partial charge is 0.387 e. The van der Waals surface area contributed by atoms with Crippen LogP contribution < -0.4 is 4.74 Å². The Morgan fingerprint density at radius 1 is 1.20 bits per heavy atom. The van der Waals surface area contributed by atoms with Crippen LogP contribution in [-0.4, -0.2) is 33.4 Å². The van der Waals surface area contributed by atoms with Crippen molar-refractivity contribution in [1.29, 1.82) is 0 Å². The number of halogens is 3. The first-order chi connectivity index (χ1) is 14.2. The number of aryl methyl sites for hydroxylation is 1. The van der Waals surface area contributed by atoms with Gasteiger partial charge in [0.15, 0.2) is 0 Å². The van der Waals surface area contributed by atoms with Crippen LogP contribution in [0.4, 0.5) is 13.2 Å². The first-order valence-corrected chi connectivity index (χ1v) is 9.41. The molecule has 2 aromatic carbocycles. The second-order valence-electron chi connectivity index (χ2n) is 7.13. The molecule has 3 aromatic rings. The monoisotopic (exact) mass is 417 g/mol. The Bertz CT molecular complexity index is 1030. The zero-order valence-electron chi connectivity index (χ0n) is 16.8. The van der Waals surface area contributed by atoms with Gasteiger partial charge in [0.2, 0.25) is 0 Å². The lowest BCUT2D eigenvalue weighted by Gasteiger charge is -2.26. The van der Waals surface area contributed by atoms with E-state index in [0.29, 0.717) is 22.6 Å². The van der Waals surface area contributed by atoms with Gasteiger partial charge in [-0.25, -0.2) is 9.37 Å². The number of benzene rings is 2. The van der Waals surface area contributed by atoms with E-state index in [1.807, 2.05) is 13.8 Å². The van der Waals surface area contributed by atoms with Crippen molar-refractivity contribution in [3.63, 3.8) is 0 Å². The van der Waals surface area contributed by atoms with E-state index in [4.69, 9.17) is 0 Å². The van der Waals surface area contributed by atoms with Gasteiger partial charge < -0.3 is 14.6 Å². The van der Waals surface area contributed by atoms with E-state index in [0.717, 1.165) is 0 Å². The maximum Gasteiger partial charge on any atom is 0.387 e. The van der Waals surface area contributed by atoms with Crippen LogP contribution in [0.5, 0.6) is 5.75 Å². The molecule has 0 spiro atoms. The summed E-state index contributed by atoms with van der Waals surface area (Å²) in [7, 11) is 0. The molecule has 158 valence electrons. The third kappa shape index (κ3) is 5.00. The van der Waals surface area contributed by atoms with E-state index >= 15 is 0 Å². The van der Waals surface area contributed by atoms with Gasteiger partial charge in [-0.3, -0.25) is 4.79 Å². The first-order valence-electron chi connectivity index (χ1n) is 9.41. The number of carbonyl (C=O) groups is 1. The largest absolute Gasteiger partial charge is 0.435 e. The molecule has 0 radical (unpaired) electrons. The van der Waals surface area contributed by atoms with Crippen molar-refractivity contribution in [3.05, 3.63) is 71.6 Å². The second-order valence-corrected chi connectivity index (χ2v) is 7.13. The molecule has 1 heterocycles. The summed E-state index contributed by atoms with van der Waals surface area (Å²) in [5.41, 5.74) is 1.71. The highest BCUT2D eigenvalue weighted by Gasteiger charge is 2.21. The molecule has 1 N–H and O–H groups in total. The number of rotatable bonds is 7. The van der Waals surface area contributed by atoms with E-state index in [1.54, 1.807) is 30.0 Å². The normalized spacial score (nSPS) is 11.2. The third-order valence-electron chi connectivity index (χ3n) is 4.57. The van der Waals surface area contributed by atoms with Crippen molar-refractivity contribution in [3.8, 4) is 16.9 Å². The number of alkyl halides is 2. The lowest BCUT2D eigenvalue weighted by atomic mass is 10.0. The third-order valence-corrected chi connectivity index (χ3v) is 4.57. The molecule has 0 aliphatic heterocycles. The van der Waals surface area contributed by atoms with Gasteiger partial charge in [0.05, 0.1) is 6.20 Å². The van der Waals surface area contributed by atoms with Crippen LogP contribution in [0.2, 0.25) is 0 Å². The molecule has 0 aliphatic carbocycles. The number of hydrogen-bond acceptors (Lipinski definition) is 3. The average Bonchev–Trinajstić information content (AvgIpc) is 3.12. The standard InChI is InChI=1S/C22H22F3N3O2/c1-13(2)28(21(29)20-11-26-14(3)27-20)12-15-7-8-19(23)18(9-15)16-5-4-6-17(10-16)30-22(24)25/h4-11,13,22H,12H2,1-3H3,(H,26,27). The number of aromatic nitrogens is 2. The number of amides is 1. The molecule has 0 bridgehead atoms.